The van der Waals surface area contributed by atoms with E-state index in [-0.39, 0.29) is 0 Å². The molecular formula is C22H21N5. The lowest BCUT2D eigenvalue weighted by atomic mass is 10.1. The van der Waals surface area contributed by atoms with Crippen molar-refractivity contribution in [1.29, 1.82) is 0 Å². The standard InChI is InChI=1S/C22H21N5/c1-4-17(12-23-9-1)14-26-11-3-6-20(26)22-21-8-7-19(15-27(21)16-25-22)18-5-2-10-24-13-18/h1-2,4-5,7-10,12-13,15-16,20H,3,6,11,14H2/t20-/m0/s1. The van der Waals surface area contributed by atoms with E-state index in [2.05, 4.69) is 49.7 Å². The van der Waals surface area contributed by atoms with Crippen LogP contribution in [0, 0.1) is 0 Å². The van der Waals surface area contributed by atoms with Crippen LogP contribution in [-0.2, 0) is 6.54 Å². The minimum atomic E-state index is 0.361. The molecule has 0 amide bonds. The van der Waals surface area contributed by atoms with Gasteiger partial charge >= 0.3 is 0 Å². The van der Waals surface area contributed by atoms with Gasteiger partial charge in [0.15, 0.2) is 0 Å². The summed E-state index contributed by atoms with van der Waals surface area (Å²) >= 11 is 0. The third-order valence-electron chi connectivity index (χ3n) is 5.34. The van der Waals surface area contributed by atoms with Crippen LogP contribution >= 0.6 is 0 Å². The molecule has 0 unspecified atom stereocenters. The Balaban J connectivity index is 1.46. The number of hydrogen-bond acceptors (Lipinski definition) is 4. The second-order valence-electron chi connectivity index (χ2n) is 7.07. The Labute approximate surface area is 158 Å². The molecule has 0 aliphatic carbocycles. The van der Waals surface area contributed by atoms with Crippen molar-refractivity contribution in [3.63, 3.8) is 0 Å². The van der Waals surface area contributed by atoms with E-state index < -0.39 is 0 Å². The summed E-state index contributed by atoms with van der Waals surface area (Å²) in [6.45, 7) is 2.03. The number of likely N-dealkylation sites (tertiary alicyclic amines) is 1. The van der Waals surface area contributed by atoms with Gasteiger partial charge < -0.3 is 4.40 Å². The normalized spacial score (nSPS) is 17.6. The van der Waals surface area contributed by atoms with Gasteiger partial charge in [-0.1, -0.05) is 18.2 Å². The minimum Gasteiger partial charge on any atom is -0.305 e. The summed E-state index contributed by atoms with van der Waals surface area (Å²) in [5.74, 6) is 0. The largest absolute Gasteiger partial charge is 0.305 e. The Morgan fingerprint density at radius 2 is 1.85 bits per heavy atom. The summed E-state index contributed by atoms with van der Waals surface area (Å²) in [7, 11) is 0. The SMILES string of the molecule is c1cncc(CN2CCC[C@H]2c2ncn3cc(-c4cccnc4)ccc23)c1. The zero-order valence-corrected chi connectivity index (χ0v) is 15.1. The Hall–Kier alpha value is -3.05. The van der Waals surface area contributed by atoms with Crippen molar-refractivity contribution in [2.75, 3.05) is 6.54 Å². The number of rotatable bonds is 4. The summed E-state index contributed by atoms with van der Waals surface area (Å²) < 4.78 is 2.14. The molecule has 0 spiro atoms. The Morgan fingerprint density at radius 3 is 2.67 bits per heavy atom. The van der Waals surface area contributed by atoms with Crippen LogP contribution in [0.4, 0.5) is 0 Å². The van der Waals surface area contributed by atoms with Crippen molar-refractivity contribution in [3.05, 3.63) is 85.0 Å². The van der Waals surface area contributed by atoms with Gasteiger partial charge in [-0.15, -0.1) is 0 Å². The lowest BCUT2D eigenvalue weighted by Gasteiger charge is -2.23. The van der Waals surface area contributed by atoms with Crippen molar-refractivity contribution in [3.8, 4) is 11.1 Å². The Morgan fingerprint density at radius 1 is 0.963 bits per heavy atom. The molecule has 1 atom stereocenters. The van der Waals surface area contributed by atoms with Crippen molar-refractivity contribution in [2.45, 2.75) is 25.4 Å². The first kappa shape index (κ1) is 16.1. The second kappa shape index (κ2) is 6.93. The van der Waals surface area contributed by atoms with Crippen LogP contribution in [0.25, 0.3) is 16.6 Å². The van der Waals surface area contributed by atoms with Gasteiger partial charge in [-0.2, -0.15) is 0 Å². The fourth-order valence-corrected chi connectivity index (χ4v) is 4.03. The second-order valence-corrected chi connectivity index (χ2v) is 7.07. The van der Waals surface area contributed by atoms with Gasteiger partial charge in [0.25, 0.3) is 0 Å². The average molecular weight is 355 g/mol. The highest BCUT2D eigenvalue weighted by atomic mass is 15.2. The molecule has 1 fully saturated rings. The highest BCUT2D eigenvalue weighted by Crippen LogP contribution is 2.35. The van der Waals surface area contributed by atoms with Crippen LogP contribution in [0.3, 0.4) is 0 Å². The van der Waals surface area contributed by atoms with Gasteiger partial charge in [0, 0.05) is 43.1 Å². The van der Waals surface area contributed by atoms with E-state index in [9.17, 15) is 0 Å². The van der Waals surface area contributed by atoms with Crippen molar-refractivity contribution >= 4 is 5.52 Å². The van der Waals surface area contributed by atoms with Crippen LogP contribution in [0.5, 0.6) is 0 Å². The summed E-state index contributed by atoms with van der Waals surface area (Å²) in [4.78, 5) is 15.8. The molecule has 4 aromatic rings. The molecule has 1 saturated heterocycles. The topological polar surface area (TPSA) is 46.3 Å². The molecule has 0 radical (unpaired) electrons. The van der Waals surface area contributed by atoms with E-state index in [1.807, 2.05) is 37.1 Å². The molecule has 5 nitrogen and oxygen atoms in total. The molecule has 1 aliphatic heterocycles. The quantitative estimate of drug-likeness (QED) is 0.552. The Kier molecular flexibility index (Phi) is 4.14. The maximum atomic E-state index is 4.79. The molecular weight excluding hydrogens is 334 g/mol. The minimum absolute atomic E-state index is 0.361. The highest BCUT2D eigenvalue weighted by molar-refractivity contribution is 5.66. The van der Waals surface area contributed by atoms with Crippen LogP contribution in [0.15, 0.2) is 73.7 Å². The molecule has 27 heavy (non-hydrogen) atoms. The van der Waals surface area contributed by atoms with Crippen LogP contribution in [0.1, 0.15) is 30.1 Å². The maximum absolute atomic E-state index is 4.79. The number of pyridine rings is 3. The lowest BCUT2D eigenvalue weighted by molar-refractivity contribution is 0.246. The molecule has 5 heteroatoms. The van der Waals surface area contributed by atoms with E-state index in [0.29, 0.717) is 6.04 Å². The summed E-state index contributed by atoms with van der Waals surface area (Å²) in [6, 6.07) is 12.9. The predicted molar refractivity (Wildman–Crippen MR) is 105 cm³/mol. The smallest absolute Gasteiger partial charge is 0.0996 e. The van der Waals surface area contributed by atoms with E-state index in [0.717, 1.165) is 30.6 Å². The summed E-state index contributed by atoms with van der Waals surface area (Å²) in [6.07, 6.45) is 13.9. The number of aromatic nitrogens is 4. The molecule has 0 saturated carbocycles. The van der Waals surface area contributed by atoms with Crippen molar-refractivity contribution < 1.29 is 0 Å². The molecule has 0 bridgehead atoms. The third-order valence-corrected chi connectivity index (χ3v) is 5.34. The zero-order valence-electron chi connectivity index (χ0n) is 15.1. The van der Waals surface area contributed by atoms with Crippen molar-refractivity contribution in [2.24, 2.45) is 0 Å². The monoisotopic (exact) mass is 355 g/mol. The maximum Gasteiger partial charge on any atom is 0.0996 e. The summed E-state index contributed by atoms with van der Waals surface area (Å²) in [5, 5.41) is 0. The van der Waals surface area contributed by atoms with Gasteiger partial charge in [-0.3, -0.25) is 14.9 Å². The number of fused-ring (bicyclic) bond motifs is 1. The first-order chi connectivity index (χ1) is 13.4. The zero-order chi connectivity index (χ0) is 18.1. The number of imidazole rings is 1. The van der Waals surface area contributed by atoms with Crippen LogP contribution < -0.4 is 0 Å². The van der Waals surface area contributed by atoms with Gasteiger partial charge in [0.1, 0.15) is 0 Å². The fourth-order valence-electron chi connectivity index (χ4n) is 4.03. The Bertz CT molecular complexity index is 1040. The van der Waals surface area contributed by atoms with Gasteiger partial charge in [-0.25, -0.2) is 4.98 Å². The lowest BCUT2D eigenvalue weighted by Crippen LogP contribution is -2.23. The van der Waals surface area contributed by atoms with E-state index >= 15 is 0 Å². The fraction of sp³-hybridized carbons (Fsp3) is 0.227. The number of nitrogens with zero attached hydrogens (tertiary/aromatic N) is 5. The van der Waals surface area contributed by atoms with Crippen molar-refractivity contribution in [1.82, 2.24) is 24.3 Å². The predicted octanol–water partition coefficient (Wildman–Crippen LogP) is 4.13. The van der Waals surface area contributed by atoms with E-state index in [1.54, 1.807) is 6.20 Å². The molecule has 5 rings (SSSR count). The van der Waals surface area contributed by atoms with Crippen LogP contribution in [0.2, 0.25) is 0 Å². The highest BCUT2D eigenvalue weighted by Gasteiger charge is 2.29. The molecule has 0 N–H and O–H groups in total. The number of hydrogen-bond donors (Lipinski definition) is 0. The molecule has 0 aromatic carbocycles. The van der Waals surface area contributed by atoms with Gasteiger partial charge in [0.05, 0.1) is 23.6 Å². The molecule has 5 heterocycles. The molecule has 4 aromatic heterocycles. The van der Waals surface area contributed by atoms with E-state index in [1.165, 1.54) is 23.2 Å². The van der Waals surface area contributed by atoms with Gasteiger partial charge in [-0.05, 0) is 48.7 Å². The average Bonchev–Trinajstić information content (AvgIpc) is 3.35. The molecule has 134 valence electrons. The third kappa shape index (κ3) is 3.11. The first-order valence-electron chi connectivity index (χ1n) is 9.38. The molecule has 1 aliphatic rings. The van der Waals surface area contributed by atoms with Crippen LogP contribution in [-0.4, -0.2) is 30.8 Å². The summed E-state index contributed by atoms with van der Waals surface area (Å²) in [5.41, 5.74) is 5.89. The van der Waals surface area contributed by atoms with E-state index in [4.69, 9.17) is 4.98 Å². The van der Waals surface area contributed by atoms with Gasteiger partial charge in [0.2, 0.25) is 0 Å². The first-order valence-corrected chi connectivity index (χ1v) is 9.38.